The van der Waals surface area contributed by atoms with E-state index < -0.39 is 23.8 Å². The summed E-state index contributed by atoms with van der Waals surface area (Å²) in [5.74, 6) is -3.66. The van der Waals surface area contributed by atoms with E-state index in [9.17, 15) is 14.9 Å². The Balaban J connectivity index is 2.65. The van der Waals surface area contributed by atoms with Gasteiger partial charge in [-0.3, -0.25) is 9.59 Å². The van der Waals surface area contributed by atoms with Gasteiger partial charge in [0.2, 0.25) is 5.88 Å². The van der Waals surface area contributed by atoms with Crippen LogP contribution in [0.2, 0.25) is 0 Å². The summed E-state index contributed by atoms with van der Waals surface area (Å²) in [6.45, 7) is 0. The molecule has 1 aromatic carbocycles. The summed E-state index contributed by atoms with van der Waals surface area (Å²) >= 11 is 0. The fourth-order valence-electron chi connectivity index (χ4n) is 2.41. The number of nitrogens with zero attached hydrogens (tertiary/aromatic N) is 1. The molecule has 0 aromatic heterocycles. The number of benzene rings is 1. The van der Waals surface area contributed by atoms with Crippen LogP contribution in [0.5, 0.6) is 5.75 Å². The monoisotopic (exact) mass is 302 g/mol. The van der Waals surface area contributed by atoms with Crippen molar-refractivity contribution in [2.24, 2.45) is 11.7 Å². The topological polar surface area (TPSA) is 112 Å². The van der Waals surface area contributed by atoms with Crippen LogP contribution in [0.3, 0.4) is 0 Å². The number of ether oxygens (including phenoxy) is 3. The van der Waals surface area contributed by atoms with E-state index in [-0.39, 0.29) is 11.5 Å². The molecule has 1 heterocycles. The molecule has 0 radical (unpaired) electrons. The molecule has 0 bridgehead atoms. The van der Waals surface area contributed by atoms with Crippen LogP contribution in [0.15, 0.2) is 35.7 Å². The van der Waals surface area contributed by atoms with Crippen LogP contribution < -0.4 is 10.5 Å². The molecule has 114 valence electrons. The first-order valence-electron chi connectivity index (χ1n) is 6.37. The van der Waals surface area contributed by atoms with Gasteiger partial charge < -0.3 is 19.9 Å². The van der Waals surface area contributed by atoms with E-state index in [1.807, 2.05) is 6.07 Å². The van der Waals surface area contributed by atoms with Crippen molar-refractivity contribution in [1.82, 2.24) is 0 Å². The number of nitriles is 1. The second-order valence-corrected chi connectivity index (χ2v) is 4.53. The zero-order valence-electron chi connectivity index (χ0n) is 12.0. The molecular weight excluding hydrogens is 288 g/mol. The van der Waals surface area contributed by atoms with Gasteiger partial charge in [0.15, 0.2) is 5.92 Å². The molecule has 0 unspecified atom stereocenters. The Morgan fingerprint density at radius 3 is 2.41 bits per heavy atom. The van der Waals surface area contributed by atoms with E-state index >= 15 is 0 Å². The summed E-state index contributed by atoms with van der Waals surface area (Å²) in [6, 6.07) is 8.61. The fourth-order valence-corrected chi connectivity index (χ4v) is 2.41. The number of esters is 2. The summed E-state index contributed by atoms with van der Waals surface area (Å²) < 4.78 is 14.7. The Hall–Kier alpha value is -3.01. The van der Waals surface area contributed by atoms with Gasteiger partial charge in [0.1, 0.15) is 11.8 Å². The molecular formula is C15H14N2O5. The first kappa shape index (κ1) is 15.4. The highest BCUT2D eigenvalue weighted by atomic mass is 16.5. The minimum Gasteiger partial charge on any atom is -0.468 e. The van der Waals surface area contributed by atoms with Gasteiger partial charge in [-0.2, -0.15) is 5.26 Å². The minimum atomic E-state index is -1.34. The molecule has 2 rings (SSSR count). The molecule has 0 fully saturated rings. The lowest BCUT2D eigenvalue weighted by Crippen LogP contribution is -2.36. The van der Waals surface area contributed by atoms with Gasteiger partial charge in [-0.05, 0) is 6.07 Å². The molecule has 0 saturated heterocycles. The summed E-state index contributed by atoms with van der Waals surface area (Å²) in [7, 11) is 2.31. The first-order chi connectivity index (χ1) is 10.5. The van der Waals surface area contributed by atoms with Gasteiger partial charge in [0.05, 0.1) is 25.7 Å². The molecule has 1 aromatic rings. The summed E-state index contributed by atoms with van der Waals surface area (Å²) in [4.78, 5) is 24.1. The van der Waals surface area contributed by atoms with Crippen molar-refractivity contribution in [3.8, 4) is 11.8 Å². The number of hydrogen-bond donors (Lipinski definition) is 1. The van der Waals surface area contributed by atoms with E-state index in [1.54, 1.807) is 24.3 Å². The van der Waals surface area contributed by atoms with E-state index in [0.29, 0.717) is 11.3 Å². The van der Waals surface area contributed by atoms with Gasteiger partial charge in [-0.15, -0.1) is 0 Å². The Morgan fingerprint density at radius 2 is 1.86 bits per heavy atom. The third-order valence-corrected chi connectivity index (χ3v) is 3.41. The van der Waals surface area contributed by atoms with E-state index in [2.05, 4.69) is 9.47 Å². The smallest absolute Gasteiger partial charge is 0.321 e. The van der Waals surface area contributed by atoms with Gasteiger partial charge in [0.25, 0.3) is 0 Å². The summed E-state index contributed by atoms with van der Waals surface area (Å²) in [6.07, 6.45) is 0. The molecule has 0 amide bonds. The lowest BCUT2D eigenvalue weighted by Gasteiger charge is -2.29. The highest BCUT2D eigenvalue weighted by Gasteiger charge is 2.44. The molecule has 0 aliphatic carbocycles. The average Bonchev–Trinajstić information content (AvgIpc) is 2.54. The van der Waals surface area contributed by atoms with Crippen molar-refractivity contribution in [1.29, 1.82) is 5.26 Å². The molecule has 7 nitrogen and oxygen atoms in total. The number of carbonyl (C=O) groups is 2. The van der Waals surface area contributed by atoms with Crippen LogP contribution in [0, 0.1) is 17.2 Å². The van der Waals surface area contributed by atoms with Crippen LogP contribution in [0.25, 0.3) is 0 Å². The van der Waals surface area contributed by atoms with E-state index in [1.165, 1.54) is 0 Å². The second kappa shape index (κ2) is 6.18. The van der Waals surface area contributed by atoms with Crippen molar-refractivity contribution in [3.63, 3.8) is 0 Å². The maximum atomic E-state index is 12.1. The first-order valence-corrected chi connectivity index (χ1v) is 6.37. The molecule has 7 heteroatoms. The van der Waals surface area contributed by atoms with E-state index in [4.69, 9.17) is 10.5 Å². The molecule has 22 heavy (non-hydrogen) atoms. The maximum absolute atomic E-state index is 12.1. The number of nitrogens with two attached hydrogens (primary N) is 1. The normalized spacial score (nSPS) is 16.4. The third kappa shape index (κ3) is 2.46. The highest BCUT2D eigenvalue weighted by molar-refractivity contribution is 5.97. The Bertz CT molecular complexity index is 673. The molecule has 2 N–H and O–H groups in total. The van der Waals surface area contributed by atoms with Crippen LogP contribution in [0.4, 0.5) is 0 Å². The molecule has 1 atom stereocenters. The lowest BCUT2D eigenvalue weighted by atomic mass is 9.79. The van der Waals surface area contributed by atoms with Gasteiger partial charge in [-0.1, -0.05) is 18.2 Å². The Labute approximate surface area is 126 Å². The fraction of sp³-hybridized carbons (Fsp3) is 0.267. The number of carbonyl (C=O) groups excluding carboxylic acids is 2. The van der Waals surface area contributed by atoms with Gasteiger partial charge >= 0.3 is 11.9 Å². The van der Waals surface area contributed by atoms with E-state index in [0.717, 1.165) is 14.2 Å². The highest BCUT2D eigenvalue weighted by Crippen LogP contribution is 2.42. The zero-order valence-corrected chi connectivity index (χ0v) is 12.0. The predicted octanol–water partition coefficient (Wildman–Crippen LogP) is 0.819. The number of hydrogen-bond acceptors (Lipinski definition) is 7. The van der Waals surface area contributed by atoms with Crippen molar-refractivity contribution < 1.29 is 23.8 Å². The van der Waals surface area contributed by atoms with Crippen LogP contribution >= 0.6 is 0 Å². The quantitative estimate of drug-likeness (QED) is 0.649. The minimum absolute atomic E-state index is 0.0144. The molecule has 0 saturated carbocycles. The number of methoxy groups -OCH3 is 2. The van der Waals surface area contributed by atoms with Crippen molar-refractivity contribution in [2.45, 2.75) is 5.92 Å². The van der Waals surface area contributed by atoms with Gasteiger partial charge in [-0.25, -0.2) is 0 Å². The van der Waals surface area contributed by atoms with Crippen molar-refractivity contribution in [3.05, 3.63) is 41.3 Å². The van der Waals surface area contributed by atoms with Crippen LogP contribution in [-0.2, 0) is 19.1 Å². The molecule has 0 spiro atoms. The average molecular weight is 302 g/mol. The maximum Gasteiger partial charge on any atom is 0.321 e. The molecule has 1 aliphatic heterocycles. The van der Waals surface area contributed by atoms with Crippen molar-refractivity contribution in [2.75, 3.05) is 14.2 Å². The van der Waals surface area contributed by atoms with Crippen LogP contribution in [0.1, 0.15) is 11.5 Å². The zero-order chi connectivity index (χ0) is 16.3. The number of fused-ring (bicyclic) bond motifs is 1. The second-order valence-electron chi connectivity index (χ2n) is 4.53. The summed E-state index contributed by atoms with van der Waals surface area (Å²) in [5.41, 5.74) is 6.23. The standard InChI is InChI=1S/C15H14N2O5/c1-20-14(18)12(15(19)21-2)11-8-5-3-4-6-10(8)22-13(17)9(11)7-16/h3-6,11-12H,17H2,1-2H3/t11-/m1/s1. The number of allylic oxidation sites excluding steroid dienone is 1. The van der Waals surface area contributed by atoms with Crippen LogP contribution in [-0.4, -0.2) is 26.2 Å². The van der Waals surface area contributed by atoms with Crippen molar-refractivity contribution >= 4 is 11.9 Å². The lowest BCUT2D eigenvalue weighted by molar-refractivity contribution is -0.159. The Kier molecular flexibility index (Phi) is 4.32. The summed E-state index contributed by atoms with van der Waals surface area (Å²) in [5, 5.41) is 9.34. The largest absolute Gasteiger partial charge is 0.468 e. The molecule has 1 aliphatic rings. The Morgan fingerprint density at radius 1 is 1.27 bits per heavy atom. The predicted molar refractivity (Wildman–Crippen MR) is 74.2 cm³/mol. The number of rotatable bonds is 3. The SMILES string of the molecule is COC(=O)C(C(=O)OC)[C@H]1C(C#N)=C(N)Oc2ccccc21. The van der Waals surface area contributed by atoms with Gasteiger partial charge in [0, 0.05) is 5.56 Å². The third-order valence-electron chi connectivity index (χ3n) is 3.41. The number of para-hydroxylation sites is 1.